The molecule has 3 nitrogen and oxygen atoms in total. The molecule has 17 heavy (non-hydrogen) atoms. The summed E-state index contributed by atoms with van der Waals surface area (Å²) in [5, 5.41) is 0. The van der Waals surface area contributed by atoms with Crippen molar-refractivity contribution in [2.45, 2.75) is 26.7 Å². The summed E-state index contributed by atoms with van der Waals surface area (Å²) >= 11 is 0. The standard InChI is InChI=1S/C14H24N2O/c1-4-16(5-2)10-6-7-12-8-9-14(17-3)13(15)11-12/h8-9,11H,4-7,10,15H2,1-3H3. The molecule has 0 heterocycles. The zero-order valence-corrected chi connectivity index (χ0v) is 11.2. The predicted octanol–water partition coefficient (Wildman–Crippen LogP) is 2.55. The summed E-state index contributed by atoms with van der Waals surface area (Å²) < 4.78 is 5.14. The van der Waals surface area contributed by atoms with Gasteiger partial charge in [0, 0.05) is 0 Å². The van der Waals surface area contributed by atoms with Gasteiger partial charge in [0.05, 0.1) is 12.8 Å². The number of ether oxygens (including phenoxy) is 1. The van der Waals surface area contributed by atoms with Gasteiger partial charge in [0.2, 0.25) is 0 Å². The molecule has 0 amide bonds. The minimum Gasteiger partial charge on any atom is -0.495 e. The number of hydrogen-bond acceptors (Lipinski definition) is 3. The van der Waals surface area contributed by atoms with Crippen molar-refractivity contribution in [2.24, 2.45) is 0 Å². The Hall–Kier alpha value is -1.22. The Morgan fingerprint density at radius 1 is 1.24 bits per heavy atom. The van der Waals surface area contributed by atoms with Crippen LogP contribution >= 0.6 is 0 Å². The van der Waals surface area contributed by atoms with Crippen molar-refractivity contribution in [3.05, 3.63) is 23.8 Å². The van der Waals surface area contributed by atoms with E-state index in [2.05, 4.69) is 24.8 Å². The molecular weight excluding hydrogens is 212 g/mol. The monoisotopic (exact) mass is 236 g/mol. The molecular formula is C14H24N2O. The van der Waals surface area contributed by atoms with Crippen molar-refractivity contribution in [1.82, 2.24) is 4.90 Å². The molecule has 0 atom stereocenters. The van der Waals surface area contributed by atoms with Crippen LogP contribution in [-0.2, 0) is 6.42 Å². The smallest absolute Gasteiger partial charge is 0.141 e. The van der Waals surface area contributed by atoms with Crippen molar-refractivity contribution in [1.29, 1.82) is 0 Å². The van der Waals surface area contributed by atoms with Gasteiger partial charge in [0.1, 0.15) is 5.75 Å². The second-order valence-corrected chi connectivity index (χ2v) is 4.21. The normalized spacial score (nSPS) is 10.8. The highest BCUT2D eigenvalue weighted by atomic mass is 16.5. The molecule has 1 aromatic carbocycles. The quantitative estimate of drug-likeness (QED) is 0.739. The molecule has 0 spiro atoms. The van der Waals surface area contributed by atoms with Crippen LogP contribution in [0.3, 0.4) is 0 Å². The third-order valence-electron chi connectivity index (χ3n) is 3.13. The van der Waals surface area contributed by atoms with E-state index < -0.39 is 0 Å². The predicted molar refractivity (Wildman–Crippen MR) is 73.5 cm³/mol. The van der Waals surface area contributed by atoms with Gasteiger partial charge in [-0.1, -0.05) is 19.9 Å². The molecule has 0 aliphatic heterocycles. The van der Waals surface area contributed by atoms with Crippen LogP contribution in [0.5, 0.6) is 5.75 Å². The molecule has 1 rings (SSSR count). The fraction of sp³-hybridized carbons (Fsp3) is 0.571. The first-order chi connectivity index (χ1) is 8.21. The first-order valence-electron chi connectivity index (χ1n) is 6.36. The lowest BCUT2D eigenvalue weighted by Crippen LogP contribution is -2.24. The minimum absolute atomic E-state index is 0.729. The lowest BCUT2D eigenvalue weighted by atomic mass is 10.1. The van der Waals surface area contributed by atoms with Crippen LogP contribution in [0.2, 0.25) is 0 Å². The fourth-order valence-corrected chi connectivity index (χ4v) is 1.99. The van der Waals surface area contributed by atoms with E-state index in [-0.39, 0.29) is 0 Å². The van der Waals surface area contributed by atoms with Crippen molar-refractivity contribution in [3.63, 3.8) is 0 Å². The van der Waals surface area contributed by atoms with Gasteiger partial charge in [0.15, 0.2) is 0 Å². The molecule has 0 radical (unpaired) electrons. The van der Waals surface area contributed by atoms with E-state index in [0.29, 0.717) is 0 Å². The van der Waals surface area contributed by atoms with E-state index in [1.807, 2.05) is 12.1 Å². The van der Waals surface area contributed by atoms with Crippen molar-refractivity contribution in [2.75, 3.05) is 32.5 Å². The summed E-state index contributed by atoms with van der Waals surface area (Å²) in [5.41, 5.74) is 7.90. The van der Waals surface area contributed by atoms with Crippen LogP contribution in [0.25, 0.3) is 0 Å². The number of nitrogens with two attached hydrogens (primary N) is 1. The maximum Gasteiger partial charge on any atom is 0.141 e. The number of methoxy groups -OCH3 is 1. The van der Waals surface area contributed by atoms with E-state index in [1.165, 1.54) is 12.0 Å². The average Bonchev–Trinajstić information content (AvgIpc) is 2.35. The summed E-state index contributed by atoms with van der Waals surface area (Å²) in [6.45, 7) is 7.81. The summed E-state index contributed by atoms with van der Waals surface area (Å²) in [7, 11) is 1.64. The molecule has 0 aliphatic rings. The van der Waals surface area contributed by atoms with Crippen molar-refractivity contribution < 1.29 is 4.74 Å². The number of rotatable bonds is 7. The second kappa shape index (κ2) is 7.17. The molecule has 0 aliphatic carbocycles. The largest absolute Gasteiger partial charge is 0.495 e. The molecule has 2 N–H and O–H groups in total. The van der Waals surface area contributed by atoms with E-state index >= 15 is 0 Å². The van der Waals surface area contributed by atoms with Crippen LogP contribution < -0.4 is 10.5 Å². The van der Waals surface area contributed by atoms with E-state index in [9.17, 15) is 0 Å². The lowest BCUT2D eigenvalue weighted by Gasteiger charge is -2.17. The van der Waals surface area contributed by atoms with Gasteiger partial charge in [-0.2, -0.15) is 0 Å². The molecule has 96 valence electrons. The Kier molecular flexibility index (Phi) is 5.84. The molecule has 3 heteroatoms. The van der Waals surface area contributed by atoms with Gasteiger partial charge >= 0.3 is 0 Å². The number of hydrogen-bond donors (Lipinski definition) is 1. The molecule has 0 bridgehead atoms. The maximum absolute atomic E-state index is 5.88. The summed E-state index contributed by atoms with van der Waals surface area (Å²) in [4.78, 5) is 2.44. The van der Waals surface area contributed by atoms with Crippen LogP contribution in [0.4, 0.5) is 5.69 Å². The Balaban J connectivity index is 2.44. The Bertz CT molecular complexity index is 335. The van der Waals surface area contributed by atoms with Gasteiger partial charge in [-0.15, -0.1) is 0 Å². The van der Waals surface area contributed by atoms with Gasteiger partial charge in [0.25, 0.3) is 0 Å². The summed E-state index contributed by atoms with van der Waals surface area (Å²) in [6.07, 6.45) is 2.25. The third kappa shape index (κ3) is 4.27. The highest BCUT2D eigenvalue weighted by molar-refractivity contribution is 5.54. The van der Waals surface area contributed by atoms with Crippen LogP contribution in [0.15, 0.2) is 18.2 Å². The summed E-state index contributed by atoms with van der Waals surface area (Å²) in [5.74, 6) is 0.762. The first kappa shape index (κ1) is 13.8. The SMILES string of the molecule is CCN(CC)CCCc1ccc(OC)c(N)c1. The maximum atomic E-state index is 5.88. The van der Waals surface area contributed by atoms with Crippen LogP contribution in [-0.4, -0.2) is 31.6 Å². The van der Waals surface area contributed by atoms with E-state index in [1.54, 1.807) is 7.11 Å². The van der Waals surface area contributed by atoms with Crippen molar-refractivity contribution in [3.8, 4) is 5.75 Å². The average molecular weight is 236 g/mol. The zero-order chi connectivity index (χ0) is 12.7. The first-order valence-corrected chi connectivity index (χ1v) is 6.36. The van der Waals surface area contributed by atoms with Crippen molar-refractivity contribution >= 4 is 5.69 Å². The number of nitrogens with zero attached hydrogens (tertiary/aromatic N) is 1. The fourth-order valence-electron chi connectivity index (χ4n) is 1.99. The number of anilines is 1. The highest BCUT2D eigenvalue weighted by Gasteiger charge is 2.02. The molecule has 0 unspecified atom stereocenters. The highest BCUT2D eigenvalue weighted by Crippen LogP contribution is 2.22. The molecule has 0 fully saturated rings. The molecule has 0 saturated carbocycles. The van der Waals surface area contributed by atoms with E-state index in [4.69, 9.17) is 10.5 Å². The van der Waals surface area contributed by atoms with Gasteiger partial charge in [-0.25, -0.2) is 0 Å². The Morgan fingerprint density at radius 2 is 1.94 bits per heavy atom. The summed E-state index contributed by atoms with van der Waals surface area (Å²) in [6, 6.07) is 6.06. The molecule has 1 aromatic rings. The molecule has 0 saturated heterocycles. The topological polar surface area (TPSA) is 38.5 Å². The number of aryl methyl sites for hydroxylation is 1. The van der Waals surface area contributed by atoms with Gasteiger partial charge < -0.3 is 15.4 Å². The van der Waals surface area contributed by atoms with E-state index in [0.717, 1.165) is 37.5 Å². The molecule has 0 aromatic heterocycles. The second-order valence-electron chi connectivity index (χ2n) is 4.21. The van der Waals surface area contributed by atoms with Crippen LogP contribution in [0, 0.1) is 0 Å². The zero-order valence-electron chi connectivity index (χ0n) is 11.2. The Morgan fingerprint density at radius 3 is 2.47 bits per heavy atom. The lowest BCUT2D eigenvalue weighted by molar-refractivity contribution is 0.300. The number of nitrogen functional groups attached to an aromatic ring is 1. The third-order valence-corrected chi connectivity index (χ3v) is 3.13. The Labute approximate surface area is 105 Å². The van der Waals surface area contributed by atoms with Crippen LogP contribution in [0.1, 0.15) is 25.8 Å². The number of benzene rings is 1. The van der Waals surface area contributed by atoms with Gasteiger partial charge in [-0.3, -0.25) is 0 Å². The minimum atomic E-state index is 0.729. The van der Waals surface area contributed by atoms with Gasteiger partial charge in [-0.05, 0) is 50.2 Å².